The molecule has 0 bridgehead atoms. The lowest BCUT2D eigenvalue weighted by Gasteiger charge is -2.26. The van der Waals surface area contributed by atoms with E-state index in [9.17, 15) is 5.11 Å². The summed E-state index contributed by atoms with van der Waals surface area (Å²) < 4.78 is 0. The number of hydrogen-bond acceptors (Lipinski definition) is 3. The molecule has 15 heavy (non-hydrogen) atoms. The molecule has 1 rings (SSSR count). The average Bonchev–Trinajstić information content (AvgIpc) is 2.18. The minimum absolute atomic E-state index is 0.0675. The molecule has 1 aromatic rings. The van der Waals surface area contributed by atoms with Gasteiger partial charge in [0, 0.05) is 25.5 Å². The van der Waals surface area contributed by atoms with Crippen LogP contribution in [0.2, 0.25) is 0 Å². The van der Waals surface area contributed by atoms with Crippen molar-refractivity contribution in [3.8, 4) is 0 Å². The first-order valence-corrected chi connectivity index (χ1v) is 5.28. The Labute approximate surface area is 91.5 Å². The number of nitrogens with one attached hydrogen (secondary N) is 1. The van der Waals surface area contributed by atoms with E-state index in [1.165, 1.54) is 0 Å². The van der Waals surface area contributed by atoms with E-state index in [0.717, 1.165) is 12.1 Å². The summed E-state index contributed by atoms with van der Waals surface area (Å²) in [6.45, 7) is 7.45. The van der Waals surface area contributed by atoms with Crippen molar-refractivity contribution in [1.82, 2.24) is 10.3 Å². The summed E-state index contributed by atoms with van der Waals surface area (Å²) in [5.74, 6) is 0. The Morgan fingerprint density at radius 2 is 2.20 bits per heavy atom. The van der Waals surface area contributed by atoms with Crippen molar-refractivity contribution in [2.45, 2.75) is 33.4 Å². The topological polar surface area (TPSA) is 45.1 Å². The van der Waals surface area contributed by atoms with Crippen LogP contribution in [0.3, 0.4) is 0 Å². The van der Waals surface area contributed by atoms with Gasteiger partial charge >= 0.3 is 0 Å². The number of hydrogen-bond donors (Lipinski definition) is 2. The van der Waals surface area contributed by atoms with E-state index >= 15 is 0 Å². The fraction of sp³-hybridized carbons (Fsp3) is 0.583. The molecule has 0 aliphatic carbocycles. The van der Waals surface area contributed by atoms with Crippen LogP contribution >= 0.6 is 0 Å². The molecule has 84 valence electrons. The fourth-order valence-electron chi connectivity index (χ4n) is 1.16. The van der Waals surface area contributed by atoms with E-state index in [4.69, 9.17) is 0 Å². The smallest absolute Gasteiger partial charge is 0.0712 e. The molecule has 3 nitrogen and oxygen atoms in total. The normalized spacial score (nSPS) is 13.9. The second-order valence-electron chi connectivity index (χ2n) is 4.87. The zero-order valence-corrected chi connectivity index (χ0v) is 9.70. The molecule has 0 fully saturated rings. The third-order valence-electron chi connectivity index (χ3n) is 2.39. The SMILES string of the molecule is CC(C)(C)C(O)CNCc1cccnc1. The van der Waals surface area contributed by atoms with E-state index in [1.807, 2.05) is 39.1 Å². The minimum atomic E-state index is -0.325. The minimum Gasteiger partial charge on any atom is -0.391 e. The Balaban J connectivity index is 2.28. The summed E-state index contributed by atoms with van der Waals surface area (Å²) >= 11 is 0. The number of nitrogens with zero attached hydrogens (tertiary/aromatic N) is 1. The molecule has 0 saturated carbocycles. The lowest BCUT2D eigenvalue weighted by molar-refractivity contribution is 0.0627. The van der Waals surface area contributed by atoms with Gasteiger partial charge in [0.05, 0.1) is 6.10 Å². The Morgan fingerprint density at radius 1 is 1.47 bits per heavy atom. The molecule has 0 aromatic carbocycles. The lowest BCUT2D eigenvalue weighted by atomic mass is 9.89. The third kappa shape index (κ3) is 4.40. The predicted octanol–water partition coefficient (Wildman–Crippen LogP) is 1.58. The second kappa shape index (κ2) is 5.24. The van der Waals surface area contributed by atoms with Crippen molar-refractivity contribution in [2.24, 2.45) is 5.41 Å². The summed E-state index contributed by atoms with van der Waals surface area (Å²) in [5.41, 5.74) is 1.07. The van der Waals surface area contributed by atoms with Crippen molar-refractivity contribution < 1.29 is 5.11 Å². The molecule has 1 heterocycles. The van der Waals surface area contributed by atoms with E-state index in [1.54, 1.807) is 6.20 Å². The molecule has 0 aliphatic heterocycles. The maximum absolute atomic E-state index is 9.79. The molecule has 1 unspecified atom stereocenters. The van der Waals surface area contributed by atoms with Gasteiger partial charge in [-0.05, 0) is 17.0 Å². The van der Waals surface area contributed by atoms with Crippen molar-refractivity contribution in [2.75, 3.05) is 6.54 Å². The zero-order valence-electron chi connectivity index (χ0n) is 9.70. The highest BCUT2D eigenvalue weighted by molar-refractivity contribution is 5.07. The van der Waals surface area contributed by atoms with Gasteiger partial charge in [0.25, 0.3) is 0 Å². The van der Waals surface area contributed by atoms with Gasteiger partial charge in [0.2, 0.25) is 0 Å². The Hall–Kier alpha value is -0.930. The molecular formula is C12H20N2O. The molecule has 0 amide bonds. The van der Waals surface area contributed by atoms with E-state index in [-0.39, 0.29) is 11.5 Å². The van der Waals surface area contributed by atoms with Crippen LogP contribution < -0.4 is 5.32 Å². The predicted molar refractivity (Wildman–Crippen MR) is 61.4 cm³/mol. The van der Waals surface area contributed by atoms with E-state index in [2.05, 4.69) is 10.3 Å². The lowest BCUT2D eigenvalue weighted by Crippen LogP contribution is -2.36. The van der Waals surface area contributed by atoms with Crippen molar-refractivity contribution in [3.05, 3.63) is 30.1 Å². The summed E-state index contributed by atoms with van der Waals surface area (Å²) in [6.07, 6.45) is 3.26. The van der Waals surface area contributed by atoms with Crippen molar-refractivity contribution in [3.63, 3.8) is 0 Å². The first-order chi connectivity index (χ1) is 7.00. The number of rotatable bonds is 4. The Bertz CT molecular complexity index is 279. The van der Waals surface area contributed by atoms with E-state index in [0.29, 0.717) is 6.54 Å². The molecule has 1 aromatic heterocycles. The fourth-order valence-corrected chi connectivity index (χ4v) is 1.16. The van der Waals surface area contributed by atoms with Crippen LogP contribution in [0.15, 0.2) is 24.5 Å². The Morgan fingerprint density at radius 3 is 2.73 bits per heavy atom. The molecule has 2 N–H and O–H groups in total. The van der Waals surface area contributed by atoms with Gasteiger partial charge in [-0.3, -0.25) is 4.98 Å². The highest BCUT2D eigenvalue weighted by atomic mass is 16.3. The summed E-state index contributed by atoms with van der Waals surface area (Å²) in [4.78, 5) is 4.03. The summed E-state index contributed by atoms with van der Waals surface area (Å²) in [6, 6.07) is 3.93. The van der Waals surface area contributed by atoms with E-state index < -0.39 is 0 Å². The standard InChI is InChI=1S/C12H20N2O/c1-12(2,3)11(15)9-14-8-10-5-4-6-13-7-10/h4-7,11,14-15H,8-9H2,1-3H3. The summed E-state index contributed by atoms with van der Waals surface area (Å²) in [7, 11) is 0. The van der Waals surface area contributed by atoms with Crippen LogP contribution in [0.1, 0.15) is 26.3 Å². The molecule has 0 radical (unpaired) electrons. The van der Waals surface area contributed by atoms with Crippen LogP contribution in [-0.2, 0) is 6.54 Å². The first-order valence-electron chi connectivity index (χ1n) is 5.28. The molecular weight excluding hydrogens is 188 g/mol. The number of pyridine rings is 1. The van der Waals surface area contributed by atoms with Crippen LogP contribution in [-0.4, -0.2) is 22.7 Å². The van der Waals surface area contributed by atoms with Gasteiger partial charge in [-0.15, -0.1) is 0 Å². The van der Waals surface area contributed by atoms with Crippen LogP contribution in [0.5, 0.6) is 0 Å². The molecule has 3 heteroatoms. The summed E-state index contributed by atoms with van der Waals surface area (Å²) in [5, 5.41) is 13.0. The number of aliphatic hydroxyl groups excluding tert-OH is 1. The molecule has 0 aliphatic rings. The number of aliphatic hydroxyl groups is 1. The zero-order chi connectivity index (χ0) is 11.3. The van der Waals surface area contributed by atoms with Crippen LogP contribution in [0, 0.1) is 5.41 Å². The van der Waals surface area contributed by atoms with Gasteiger partial charge in [-0.1, -0.05) is 26.8 Å². The van der Waals surface area contributed by atoms with Gasteiger partial charge in [0.1, 0.15) is 0 Å². The van der Waals surface area contributed by atoms with Crippen molar-refractivity contribution in [1.29, 1.82) is 0 Å². The van der Waals surface area contributed by atoms with Gasteiger partial charge < -0.3 is 10.4 Å². The van der Waals surface area contributed by atoms with Crippen molar-refractivity contribution >= 4 is 0 Å². The second-order valence-corrected chi connectivity index (χ2v) is 4.87. The Kier molecular flexibility index (Phi) is 4.24. The third-order valence-corrected chi connectivity index (χ3v) is 2.39. The molecule has 1 atom stereocenters. The maximum Gasteiger partial charge on any atom is 0.0712 e. The highest BCUT2D eigenvalue weighted by Gasteiger charge is 2.21. The largest absolute Gasteiger partial charge is 0.391 e. The monoisotopic (exact) mass is 208 g/mol. The average molecular weight is 208 g/mol. The van der Waals surface area contributed by atoms with Gasteiger partial charge in [-0.25, -0.2) is 0 Å². The van der Waals surface area contributed by atoms with Crippen LogP contribution in [0.4, 0.5) is 0 Å². The van der Waals surface area contributed by atoms with Gasteiger partial charge in [-0.2, -0.15) is 0 Å². The highest BCUT2D eigenvalue weighted by Crippen LogP contribution is 2.18. The van der Waals surface area contributed by atoms with Crippen LogP contribution in [0.25, 0.3) is 0 Å². The first kappa shape index (κ1) is 12.1. The number of aromatic nitrogens is 1. The molecule has 0 spiro atoms. The molecule has 0 saturated heterocycles. The quantitative estimate of drug-likeness (QED) is 0.789. The maximum atomic E-state index is 9.79. The van der Waals surface area contributed by atoms with Gasteiger partial charge in [0.15, 0.2) is 0 Å².